The zero-order chi connectivity index (χ0) is 16.4. The van der Waals surface area contributed by atoms with Crippen molar-refractivity contribution in [3.63, 3.8) is 0 Å². The monoisotopic (exact) mass is 327 g/mol. The van der Waals surface area contributed by atoms with Crippen molar-refractivity contribution in [3.8, 4) is 0 Å². The highest BCUT2D eigenvalue weighted by atomic mass is 16.5. The lowest BCUT2D eigenvalue weighted by Gasteiger charge is -2.26. The van der Waals surface area contributed by atoms with Crippen molar-refractivity contribution in [2.45, 2.75) is 25.8 Å². The molecule has 1 aromatic carbocycles. The fourth-order valence-electron chi connectivity index (χ4n) is 3.46. The molecular weight excluding hydrogens is 302 g/mol. The third-order valence-electron chi connectivity index (χ3n) is 5.28. The molecule has 2 fully saturated rings. The molecule has 2 aromatic rings. The largest absolute Gasteiger partial charge is 0.379 e. The summed E-state index contributed by atoms with van der Waals surface area (Å²) >= 11 is 0. The lowest BCUT2D eigenvalue weighted by atomic mass is 9.85. The van der Waals surface area contributed by atoms with E-state index < -0.39 is 0 Å². The van der Waals surface area contributed by atoms with Crippen LogP contribution in [0.4, 0.5) is 5.69 Å². The van der Waals surface area contributed by atoms with E-state index in [2.05, 4.69) is 39.2 Å². The molecular formula is C19H25N3O2. The predicted molar refractivity (Wildman–Crippen MR) is 95.2 cm³/mol. The Morgan fingerprint density at radius 2 is 2.00 bits per heavy atom. The van der Waals surface area contributed by atoms with Crippen LogP contribution < -0.4 is 5.32 Å². The number of fused-ring (bicyclic) bond motifs is 1. The van der Waals surface area contributed by atoms with E-state index in [1.807, 2.05) is 6.07 Å². The summed E-state index contributed by atoms with van der Waals surface area (Å²) in [6.45, 7) is 5.77. The number of nitrogens with one attached hydrogen (secondary N) is 1. The van der Waals surface area contributed by atoms with Gasteiger partial charge in [-0.1, -0.05) is 6.42 Å². The molecule has 128 valence electrons. The molecule has 1 saturated carbocycles. The molecule has 1 saturated heterocycles. The molecule has 4 rings (SSSR count). The number of ether oxygens (including phenoxy) is 1. The van der Waals surface area contributed by atoms with Gasteiger partial charge in [-0.3, -0.25) is 9.69 Å². The predicted octanol–water partition coefficient (Wildman–Crippen LogP) is 2.71. The van der Waals surface area contributed by atoms with Crippen LogP contribution in [-0.2, 0) is 16.1 Å². The number of nitrogens with zero attached hydrogens (tertiary/aromatic N) is 2. The number of amides is 1. The number of hydrogen-bond donors (Lipinski definition) is 1. The lowest BCUT2D eigenvalue weighted by Crippen LogP contribution is -2.38. The van der Waals surface area contributed by atoms with Gasteiger partial charge in [0.25, 0.3) is 0 Å². The average molecular weight is 327 g/mol. The van der Waals surface area contributed by atoms with Crippen LogP contribution in [0.1, 0.15) is 19.3 Å². The zero-order valence-electron chi connectivity index (χ0n) is 14.0. The van der Waals surface area contributed by atoms with Crippen LogP contribution in [0.5, 0.6) is 0 Å². The van der Waals surface area contributed by atoms with Gasteiger partial charge >= 0.3 is 0 Å². The molecule has 2 heterocycles. The third-order valence-corrected chi connectivity index (χ3v) is 5.28. The molecule has 2 aliphatic rings. The lowest BCUT2D eigenvalue weighted by molar-refractivity contribution is -0.122. The molecule has 1 N–H and O–H groups in total. The maximum Gasteiger partial charge on any atom is 0.227 e. The maximum atomic E-state index is 12.1. The molecule has 1 aromatic heterocycles. The molecule has 0 radical (unpaired) electrons. The van der Waals surface area contributed by atoms with E-state index >= 15 is 0 Å². The van der Waals surface area contributed by atoms with E-state index in [9.17, 15) is 4.79 Å². The van der Waals surface area contributed by atoms with E-state index in [1.54, 1.807) is 0 Å². The standard InChI is InChI=1S/C19H25N3O2/c23-19(15-2-1-3-15)20-17-4-5-18-16(14-17)6-7-22(18)9-8-21-10-12-24-13-11-21/h4-7,14-15H,1-3,8-13H2,(H,20,23). The van der Waals surface area contributed by atoms with Crippen LogP contribution in [0, 0.1) is 5.92 Å². The molecule has 5 heteroatoms. The van der Waals surface area contributed by atoms with Gasteiger partial charge in [0, 0.05) is 54.9 Å². The number of rotatable bonds is 5. The number of benzene rings is 1. The van der Waals surface area contributed by atoms with Crippen LogP contribution in [0.2, 0.25) is 0 Å². The minimum atomic E-state index is 0.173. The molecule has 0 spiro atoms. The van der Waals surface area contributed by atoms with Gasteiger partial charge in [-0.25, -0.2) is 0 Å². The molecule has 0 unspecified atom stereocenters. The van der Waals surface area contributed by atoms with Crippen LogP contribution in [0.3, 0.4) is 0 Å². The number of morpholine rings is 1. The first kappa shape index (κ1) is 15.7. The van der Waals surface area contributed by atoms with Crippen LogP contribution in [-0.4, -0.2) is 48.2 Å². The van der Waals surface area contributed by atoms with Crippen molar-refractivity contribution in [2.24, 2.45) is 5.92 Å². The summed E-state index contributed by atoms with van der Waals surface area (Å²) < 4.78 is 7.69. The summed E-state index contributed by atoms with van der Waals surface area (Å²) in [6.07, 6.45) is 5.39. The van der Waals surface area contributed by atoms with Gasteiger partial charge in [-0.05, 0) is 37.1 Å². The quantitative estimate of drug-likeness (QED) is 0.918. The summed E-state index contributed by atoms with van der Waals surface area (Å²) in [6, 6.07) is 8.35. The van der Waals surface area contributed by atoms with Crippen molar-refractivity contribution in [3.05, 3.63) is 30.5 Å². The number of carbonyl (C=O) groups excluding carboxylic acids is 1. The summed E-state index contributed by atoms with van der Waals surface area (Å²) in [5, 5.41) is 4.24. The maximum absolute atomic E-state index is 12.1. The average Bonchev–Trinajstić information content (AvgIpc) is 2.94. The molecule has 1 amide bonds. The van der Waals surface area contributed by atoms with E-state index in [1.165, 1.54) is 17.3 Å². The first-order valence-electron chi connectivity index (χ1n) is 8.99. The fourth-order valence-corrected chi connectivity index (χ4v) is 3.46. The first-order chi connectivity index (χ1) is 11.8. The Morgan fingerprint density at radius 1 is 1.17 bits per heavy atom. The highest BCUT2D eigenvalue weighted by molar-refractivity contribution is 5.95. The van der Waals surface area contributed by atoms with Gasteiger partial charge in [0.15, 0.2) is 0 Å². The smallest absolute Gasteiger partial charge is 0.227 e. The highest BCUT2D eigenvalue weighted by Crippen LogP contribution is 2.28. The van der Waals surface area contributed by atoms with Gasteiger partial charge in [-0.15, -0.1) is 0 Å². The van der Waals surface area contributed by atoms with Crippen LogP contribution >= 0.6 is 0 Å². The molecule has 5 nitrogen and oxygen atoms in total. The highest BCUT2D eigenvalue weighted by Gasteiger charge is 2.25. The van der Waals surface area contributed by atoms with Crippen molar-refractivity contribution in [1.29, 1.82) is 0 Å². The normalized spacial score (nSPS) is 19.3. The number of aromatic nitrogens is 1. The zero-order valence-corrected chi connectivity index (χ0v) is 14.0. The third kappa shape index (κ3) is 3.32. The molecule has 0 bridgehead atoms. The van der Waals surface area contributed by atoms with Gasteiger partial charge in [0.2, 0.25) is 5.91 Å². The Morgan fingerprint density at radius 3 is 2.75 bits per heavy atom. The summed E-state index contributed by atoms with van der Waals surface area (Å²) in [5.41, 5.74) is 2.13. The number of anilines is 1. The Bertz CT molecular complexity index is 714. The van der Waals surface area contributed by atoms with Crippen molar-refractivity contribution >= 4 is 22.5 Å². The van der Waals surface area contributed by atoms with Crippen molar-refractivity contribution in [2.75, 3.05) is 38.2 Å². The number of carbonyl (C=O) groups is 1. The van der Waals surface area contributed by atoms with Gasteiger partial charge < -0.3 is 14.6 Å². The first-order valence-corrected chi connectivity index (χ1v) is 8.99. The SMILES string of the molecule is O=C(Nc1ccc2c(ccn2CCN2CCOCC2)c1)C1CCC1. The van der Waals surface area contributed by atoms with E-state index in [0.717, 1.165) is 57.9 Å². The molecule has 1 aliphatic heterocycles. The van der Waals surface area contributed by atoms with Gasteiger partial charge in [0.1, 0.15) is 0 Å². The van der Waals surface area contributed by atoms with Crippen LogP contribution in [0.15, 0.2) is 30.5 Å². The Labute approximate surface area is 142 Å². The van der Waals surface area contributed by atoms with E-state index in [4.69, 9.17) is 4.74 Å². The minimum Gasteiger partial charge on any atom is -0.379 e. The van der Waals surface area contributed by atoms with Gasteiger partial charge in [0.05, 0.1) is 13.2 Å². The Hall–Kier alpha value is -1.85. The second-order valence-corrected chi connectivity index (χ2v) is 6.85. The fraction of sp³-hybridized carbons (Fsp3) is 0.526. The Balaban J connectivity index is 1.41. The van der Waals surface area contributed by atoms with Crippen molar-refractivity contribution in [1.82, 2.24) is 9.47 Å². The second kappa shape index (κ2) is 6.95. The molecule has 24 heavy (non-hydrogen) atoms. The van der Waals surface area contributed by atoms with E-state index in [-0.39, 0.29) is 11.8 Å². The van der Waals surface area contributed by atoms with Crippen molar-refractivity contribution < 1.29 is 9.53 Å². The topological polar surface area (TPSA) is 46.5 Å². The van der Waals surface area contributed by atoms with Gasteiger partial charge in [-0.2, -0.15) is 0 Å². The minimum absolute atomic E-state index is 0.173. The van der Waals surface area contributed by atoms with Crippen LogP contribution in [0.25, 0.3) is 10.9 Å². The Kier molecular flexibility index (Phi) is 4.54. The second-order valence-electron chi connectivity index (χ2n) is 6.85. The summed E-state index contributed by atoms with van der Waals surface area (Å²) in [5.74, 6) is 0.395. The number of hydrogen-bond acceptors (Lipinski definition) is 3. The van der Waals surface area contributed by atoms with E-state index in [0.29, 0.717) is 0 Å². The summed E-state index contributed by atoms with van der Waals surface area (Å²) in [4.78, 5) is 14.5. The molecule has 1 aliphatic carbocycles. The summed E-state index contributed by atoms with van der Waals surface area (Å²) in [7, 11) is 0. The molecule has 0 atom stereocenters.